The summed E-state index contributed by atoms with van der Waals surface area (Å²) in [6.45, 7) is 7.36. The van der Waals surface area contributed by atoms with Gasteiger partial charge in [-0.3, -0.25) is 4.99 Å². The van der Waals surface area contributed by atoms with E-state index in [2.05, 4.69) is 27.3 Å². The molecule has 8 heteroatoms. The number of unbranched alkanes of at least 4 members (excludes halogenated alkanes) is 2. The fraction of sp³-hybridized carbons (Fsp3) is 0.611. The molecule has 0 aliphatic carbocycles. The van der Waals surface area contributed by atoms with Crippen molar-refractivity contribution in [2.45, 2.75) is 58.4 Å². The Labute approximate surface area is 175 Å². The highest BCUT2D eigenvalue weighted by Gasteiger charge is 2.12. The summed E-state index contributed by atoms with van der Waals surface area (Å²) in [6.07, 6.45) is 3.54. The van der Waals surface area contributed by atoms with E-state index in [-0.39, 0.29) is 35.8 Å². The van der Waals surface area contributed by atoms with Gasteiger partial charge in [0, 0.05) is 26.2 Å². The largest absolute Gasteiger partial charge is 0.356 e. The minimum atomic E-state index is -3.29. The molecule has 1 aromatic rings. The zero-order chi connectivity index (χ0) is 18.7. The molecule has 0 radical (unpaired) electrons. The molecule has 1 rings (SSSR count). The lowest BCUT2D eigenvalue weighted by atomic mass is 10.1. The highest BCUT2D eigenvalue weighted by molar-refractivity contribution is 14.0. The summed E-state index contributed by atoms with van der Waals surface area (Å²) in [5, 5.41) is 6.55. The van der Waals surface area contributed by atoms with Crippen molar-refractivity contribution in [1.82, 2.24) is 15.4 Å². The van der Waals surface area contributed by atoms with Crippen LogP contribution in [0.3, 0.4) is 0 Å². The van der Waals surface area contributed by atoms with E-state index in [1.807, 2.05) is 38.1 Å². The summed E-state index contributed by atoms with van der Waals surface area (Å²) in [7, 11) is -1.53. The molecule has 0 heterocycles. The zero-order valence-electron chi connectivity index (χ0n) is 16.2. The monoisotopic (exact) mass is 496 g/mol. The van der Waals surface area contributed by atoms with E-state index in [0.717, 1.165) is 30.1 Å². The average molecular weight is 496 g/mol. The van der Waals surface area contributed by atoms with Gasteiger partial charge in [-0.05, 0) is 31.4 Å². The van der Waals surface area contributed by atoms with Crippen LogP contribution in [0, 0.1) is 0 Å². The number of hydrogen-bond acceptors (Lipinski definition) is 3. The first-order valence-corrected chi connectivity index (χ1v) is 10.5. The smallest absolute Gasteiger partial charge is 0.216 e. The van der Waals surface area contributed by atoms with Crippen molar-refractivity contribution in [1.29, 1.82) is 0 Å². The molecule has 0 bridgehead atoms. The van der Waals surface area contributed by atoms with Crippen molar-refractivity contribution in [3.63, 3.8) is 0 Å². The Balaban J connectivity index is 0.00000625. The molecule has 0 aliphatic rings. The van der Waals surface area contributed by atoms with Crippen molar-refractivity contribution in [3.8, 4) is 0 Å². The molecule has 0 amide bonds. The van der Waals surface area contributed by atoms with Crippen LogP contribution in [0.25, 0.3) is 0 Å². The SMILES string of the molecule is CCCCCNC(=NC)NCc1ccc(CS(=O)(=O)NC(C)C)cc1.I. The third-order valence-corrected chi connectivity index (χ3v) is 5.10. The van der Waals surface area contributed by atoms with E-state index in [1.54, 1.807) is 7.05 Å². The Morgan fingerprint density at radius 1 is 1.08 bits per heavy atom. The molecule has 0 saturated heterocycles. The van der Waals surface area contributed by atoms with E-state index < -0.39 is 10.0 Å². The number of nitrogens with zero attached hydrogens (tertiary/aromatic N) is 1. The minimum Gasteiger partial charge on any atom is -0.356 e. The van der Waals surface area contributed by atoms with Gasteiger partial charge in [-0.1, -0.05) is 44.0 Å². The average Bonchev–Trinajstić information content (AvgIpc) is 2.54. The Morgan fingerprint density at radius 2 is 1.69 bits per heavy atom. The lowest BCUT2D eigenvalue weighted by Gasteiger charge is -2.12. The quantitative estimate of drug-likeness (QED) is 0.201. The van der Waals surface area contributed by atoms with Crippen molar-refractivity contribution < 1.29 is 8.42 Å². The molecule has 0 atom stereocenters. The lowest BCUT2D eigenvalue weighted by Crippen LogP contribution is -2.37. The Morgan fingerprint density at radius 3 is 2.23 bits per heavy atom. The summed E-state index contributed by atoms with van der Waals surface area (Å²) in [5.74, 6) is 0.781. The number of benzene rings is 1. The molecule has 0 aromatic heterocycles. The van der Waals surface area contributed by atoms with Crippen LogP contribution in [0.1, 0.15) is 51.2 Å². The topological polar surface area (TPSA) is 82.6 Å². The summed E-state index contributed by atoms with van der Waals surface area (Å²) in [5.41, 5.74) is 1.86. The van der Waals surface area contributed by atoms with Gasteiger partial charge in [0.1, 0.15) is 0 Å². The molecular formula is C18H33IN4O2S. The third kappa shape index (κ3) is 11.0. The van der Waals surface area contributed by atoms with Gasteiger partial charge in [-0.15, -0.1) is 24.0 Å². The number of rotatable bonds is 10. The van der Waals surface area contributed by atoms with Gasteiger partial charge >= 0.3 is 0 Å². The number of guanidine groups is 1. The fourth-order valence-corrected chi connectivity index (χ4v) is 3.79. The highest BCUT2D eigenvalue weighted by atomic mass is 127. The van der Waals surface area contributed by atoms with E-state index in [4.69, 9.17) is 0 Å². The molecule has 0 saturated carbocycles. The molecule has 0 spiro atoms. The molecule has 3 N–H and O–H groups in total. The predicted molar refractivity (Wildman–Crippen MR) is 120 cm³/mol. The van der Waals surface area contributed by atoms with Crippen LogP contribution >= 0.6 is 24.0 Å². The Kier molecular flexibility index (Phi) is 12.9. The standard InChI is InChI=1S/C18H32N4O2S.HI/c1-5-6-7-12-20-18(19-4)21-13-16-8-10-17(11-9-16)14-25(23,24)22-15(2)3;/h8-11,15,22H,5-7,12-14H2,1-4H3,(H2,19,20,21);1H. The molecule has 1 aromatic carbocycles. The molecule has 6 nitrogen and oxygen atoms in total. The molecule has 150 valence electrons. The van der Waals surface area contributed by atoms with Gasteiger partial charge in [0.15, 0.2) is 5.96 Å². The van der Waals surface area contributed by atoms with Crippen LogP contribution < -0.4 is 15.4 Å². The summed E-state index contributed by atoms with van der Waals surface area (Å²) >= 11 is 0. The van der Waals surface area contributed by atoms with Crippen LogP contribution in [0.4, 0.5) is 0 Å². The first kappa shape index (κ1) is 25.1. The van der Waals surface area contributed by atoms with Crippen LogP contribution in [-0.2, 0) is 22.3 Å². The van der Waals surface area contributed by atoms with Gasteiger partial charge in [-0.25, -0.2) is 13.1 Å². The molecular weight excluding hydrogens is 463 g/mol. The van der Waals surface area contributed by atoms with E-state index >= 15 is 0 Å². The maximum Gasteiger partial charge on any atom is 0.216 e. The summed E-state index contributed by atoms with van der Waals surface area (Å²) < 4.78 is 26.5. The van der Waals surface area contributed by atoms with Gasteiger partial charge in [-0.2, -0.15) is 0 Å². The van der Waals surface area contributed by atoms with E-state index in [1.165, 1.54) is 12.8 Å². The number of hydrogen-bond donors (Lipinski definition) is 3. The normalized spacial score (nSPS) is 12.0. The third-order valence-electron chi connectivity index (χ3n) is 3.55. The Bertz CT molecular complexity index is 631. The maximum absolute atomic E-state index is 11.9. The predicted octanol–water partition coefficient (Wildman–Crippen LogP) is 2.99. The van der Waals surface area contributed by atoms with Crippen LogP contribution in [0.15, 0.2) is 29.3 Å². The van der Waals surface area contributed by atoms with Crippen LogP contribution in [0.5, 0.6) is 0 Å². The number of sulfonamides is 1. The Hall–Kier alpha value is -0.870. The number of halogens is 1. The first-order valence-electron chi connectivity index (χ1n) is 8.88. The van der Waals surface area contributed by atoms with Crippen LogP contribution in [-0.4, -0.2) is 34.0 Å². The van der Waals surface area contributed by atoms with Gasteiger partial charge in [0.05, 0.1) is 5.75 Å². The molecule has 0 aliphatic heterocycles. The fourth-order valence-electron chi connectivity index (χ4n) is 2.36. The van der Waals surface area contributed by atoms with Gasteiger partial charge < -0.3 is 10.6 Å². The second kappa shape index (κ2) is 13.3. The van der Waals surface area contributed by atoms with Crippen molar-refractivity contribution in [2.24, 2.45) is 4.99 Å². The number of nitrogens with one attached hydrogen (secondary N) is 3. The first-order chi connectivity index (χ1) is 11.9. The second-order valence-electron chi connectivity index (χ2n) is 6.41. The van der Waals surface area contributed by atoms with Crippen molar-refractivity contribution >= 4 is 40.0 Å². The van der Waals surface area contributed by atoms with Crippen molar-refractivity contribution in [3.05, 3.63) is 35.4 Å². The number of aliphatic imine (C=N–C) groups is 1. The van der Waals surface area contributed by atoms with Gasteiger partial charge in [0.25, 0.3) is 0 Å². The van der Waals surface area contributed by atoms with E-state index in [9.17, 15) is 8.42 Å². The molecule has 0 fully saturated rings. The molecule has 0 unspecified atom stereocenters. The highest BCUT2D eigenvalue weighted by Crippen LogP contribution is 2.08. The lowest BCUT2D eigenvalue weighted by molar-refractivity contribution is 0.569. The zero-order valence-corrected chi connectivity index (χ0v) is 19.4. The summed E-state index contributed by atoms with van der Waals surface area (Å²) in [4.78, 5) is 4.20. The molecule has 26 heavy (non-hydrogen) atoms. The van der Waals surface area contributed by atoms with Crippen LogP contribution in [0.2, 0.25) is 0 Å². The summed E-state index contributed by atoms with van der Waals surface area (Å²) in [6, 6.07) is 7.50. The maximum atomic E-state index is 11.9. The van der Waals surface area contributed by atoms with Gasteiger partial charge in [0.2, 0.25) is 10.0 Å². The second-order valence-corrected chi connectivity index (χ2v) is 8.16. The minimum absolute atomic E-state index is 0. The van der Waals surface area contributed by atoms with E-state index in [0.29, 0.717) is 6.54 Å². The van der Waals surface area contributed by atoms with Crippen molar-refractivity contribution in [2.75, 3.05) is 13.6 Å².